The van der Waals surface area contributed by atoms with E-state index in [9.17, 15) is 0 Å². The van der Waals surface area contributed by atoms with Crippen LogP contribution in [0.3, 0.4) is 0 Å². The molecule has 0 fully saturated rings. The van der Waals surface area contributed by atoms with Crippen LogP contribution in [0.25, 0.3) is 21.8 Å². The fraction of sp³-hybridized carbons (Fsp3) is 0.316. The number of benzene rings is 2. The largest absolute Gasteiger partial charge is 0.248 e. The third kappa shape index (κ3) is 2.29. The molecule has 3 rings (SSSR count). The van der Waals surface area contributed by atoms with Crippen LogP contribution in [0, 0.1) is 0 Å². The molecular formula is C19H21N. The molecule has 1 heterocycles. The molecule has 0 atom stereocenters. The zero-order valence-electron chi connectivity index (χ0n) is 12.3. The van der Waals surface area contributed by atoms with Crippen LogP contribution in [0.1, 0.15) is 37.8 Å². The molecule has 20 heavy (non-hydrogen) atoms. The zero-order chi connectivity index (χ0) is 13.9. The molecule has 0 aliphatic heterocycles. The summed E-state index contributed by atoms with van der Waals surface area (Å²) in [6.45, 7) is 4.50. The van der Waals surface area contributed by atoms with Crippen molar-refractivity contribution in [2.24, 2.45) is 0 Å². The van der Waals surface area contributed by atoms with E-state index in [0.717, 1.165) is 23.9 Å². The van der Waals surface area contributed by atoms with Gasteiger partial charge in [0.05, 0.1) is 11.0 Å². The van der Waals surface area contributed by atoms with Crippen LogP contribution in [-0.4, -0.2) is 4.98 Å². The van der Waals surface area contributed by atoms with Crippen LogP contribution in [-0.2, 0) is 12.8 Å². The second-order valence-corrected chi connectivity index (χ2v) is 5.45. The number of hydrogen-bond acceptors (Lipinski definition) is 1. The number of fused-ring (bicyclic) bond motifs is 2. The summed E-state index contributed by atoms with van der Waals surface area (Å²) in [5.41, 5.74) is 5.22. The summed E-state index contributed by atoms with van der Waals surface area (Å²) in [4.78, 5) is 4.82. The van der Waals surface area contributed by atoms with E-state index in [2.05, 4.69) is 56.3 Å². The zero-order valence-corrected chi connectivity index (χ0v) is 12.3. The SMILES string of the molecule is CCCc1ccc2nc3ccccc3cc2c1CCC. The first-order valence-corrected chi connectivity index (χ1v) is 7.63. The second-order valence-electron chi connectivity index (χ2n) is 5.45. The molecule has 1 heteroatoms. The molecule has 0 aliphatic rings. The van der Waals surface area contributed by atoms with E-state index in [0.29, 0.717) is 0 Å². The lowest BCUT2D eigenvalue weighted by atomic mass is 9.94. The van der Waals surface area contributed by atoms with E-state index >= 15 is 0 Å². The van der Waals surface area contributed by atoms with E-state index in [1.165, 1.54) is 34.7 Å². The van der Waals surface area contributed by atoms with E-state index in [-0.39, 0.29) is 0 Å². The number of hydrogen-bond donors (Lipinski definition) is 0. The summed E-state index contributed by atoms with van der Waals surface area (Å²) in [5, 5.41) is 2.59. The molecule has 0 aliphatic carbocycles. The number of aryl methyl sites for hydroxylation is 2. The first-order valence-electron chi connectivity index (χ1n) is 7.63. The molecule has 1 aromatic heterocycles. The predicted molar refractivity (Wildman–Crippen MR) is 87.2 cm³/mol. The Morgan fingerprint density at radius 1 is 0.850 bits per heavy atom. The highest BCUT2D eigenvalue weighted by Gasteiger charge is 2.08. The van der Waals surface area contributed by atoms with Crippen molar-refractivity contribution in [1.82, 2.24) is 4.98 Å². The Hall–Kier alpha value is -1.89. The summed E-state index contributed by atoms with van der Waals surface area (Å²) in [5.74, 6) is 0. The molecule has 0 saturated heterocycles. The highest BCUT2D eigenvalue weighted by atomic mass is 14.7. The molecule has 102 valence electrons. The smallest absolute Gasteiger partial charge is 0.0712 e. The van der Waals surface area contributed by atoms with Crippen molar-refractivity contribution in [2.75, 3.05) is 0 Å². The van der Waals surface area contributed by atoms with Crippen LogP contribution >= 0.6 is 0 Å². The molecule has 2 aromatic carbocycles. The summed E-state index contributed by atoms with van der Waals surface area (Å²) in [6.07, 6.45) is 4.69. The molecule has 1 nitrogen and oxygen atoms in total. The lowest BCUT2D eigenvalue weighted by molar-refractivity contribution is 0.868. The number of nitrogens with zero attached hydrogens (tertiary/aromatic N) is 1. The van der Waals surface area contributed by atoms with Crippen molar-refractivity contribution in [2.45, 2.75) is 39.5 Å². The Balaban J connectivity index is 2.30. The third-order valence-corrected chi connectivity index (χ3v) is 3.93. The maximum absolute atomic E-state index is 4.82. The van der Waals surface area contributed by atoms with Crippen LogP contribution < -0.4 is 0 Å². The summed E-state index contributed by atoms with van der Waals surface area (Å²) in [7, 11) is 0. The van der Waals surface area contributed by atoms with E-state index in [1.54, 1.807) is 0 Å². The van der Waals surface area contributed by atoms with Crippen LogP contribution in [0.5, 0.6) is 0 Å². The van der Waals surface area contributed by atoms with Gasteiger partial charge in [-0.3, -0.25) is 0 Å². The topological polar surface area (TPSA) is 12.9 Å². The van der Waals surface area contributed by atoms with Gasteiger partial charge in [-0.15, -0.1) is 0 Å². The molecule has 0 saturated carbocycles. The molecule has 0 N–H and O–H groups in total. The number of rotatable bonds is 4. The second kappa shape index (κ2) is 5.62. The van der Waals surface area contributed by atoms with Crippen molar-refractivity contribution >= 4 is 21.8 Å². The Bertz CT molecular complexity index is 743. The highest BCUT2D eigenvalue weighted by Crippen LogP contribution is 2.27. The van der Waals surface area contributed by atoms with Gasteiger partial charge in [0, 0.05) is 10.8 Å². The van der Waals surface area contributed by atoms with Gasteiger partial charge in [-0.1, -0.05) is 51.0 Å². The first-order chi connectivity index (χ1) is 9.83. The van der Waals surface area contributed by atoms with Gasteiger partial charge < -0.3 is 0 Å². The molecule has 0 spiro atoms. The molecule has 0 bridgehead atoms. The molecule has 3 aromatic rings. The average Bonchev–Trinajstić information content (AvgIpc) is 2.48. The van der Waals surface area contributed by atoms with Gasteiger partial charge in [0.1, 0.15) is 0 Å². The Morgan fingerprint density at radius 2 is 1.65 bits per heavy atom. The minimum absolute atomic E-state index is 1.09. The van der Waals surface area contributed by atoms with Crippen molar-refractivity contribution in [3.8, 4) is 0 Å². The Morgan fingerprint density at radius 3 is 2.45 bits per heavy atom. The summed E-state index contributed by atoms with van der Waals surface area (Å²) in [6, 6.07) is 15.2. The number of pyridine rings is 1. The lowest BCUT2D eigenvalue weighted by Crippen LogP contribution is -1.97. The number of aromatic nitrogens is 1. The van der Waals surface area contributed by atoms with Crippen LogP contribution in [0.15, 0.2) is 42.5 Å². The van der Waals surface area contributed by atoms with Gasteiger partial charge in [0.2, 0.25) is 0 Å². The molecule has 0 radical (unpaired) electrons. The van der Waals surface area contributed by atoms with Crippen molar-refractivity contribution in [3.63, 3.8) is 0 Å². The van der Waals surface area contributed by atoms with Crippen LogP contribution in [0.4, 0.5) is 0 Å². The number of para-hydroxylation sites is 1. The van der Waals surface area contributed by atoms with Gasteiger partial charge in [0.15, 0.2) is 0 Å². The first kappa shape index (κ1) is 13.1. The summed E-state index contributed by atoms with van der Waals surface area (Å²) >= 11 is 0. The quantitative estimate of drug-likeness (QED) is 0.582. The van der Waals surface area contributed by atoms with Crippen LogP contribution in [0.2, 0.25) is 0 Å². The minimum Gasteiger partial charge on any atom is -0.248 e. The molecular weight excluding hydrogens is 242 g/mol. The normalized spacial score (nSPS) is 11.3. The maximum atomic E-state index is 4.82. The van der Waals surface area contributed by atoms with Gasteiger partial charge in [-0.05, 0) is 42.2 Å². The van der Waals surface area contributed by atoms with Gasteiger partial charge >= 0.3 is 0 Å². The predicted octanol–water partition coefficient (Wildman–Crippen LogP) is 5.29. The van der Waals surface area contributed by atoms with Crippen molar-refractivity contribution in [3.05, 3.63) is 53.6 Å². The van der Waals surface area contributed by atoms with E-state index < -0.39 is 0 Å². The highest BCUT2D eigenvalue weighted by molar-refractivity contribution is 5.94. The van der Waals surface area contributed by atoms with Crippen molar-refractivity contribution in [1.29, 1.82) is 0 Å². The summed E-state index contributed by atoms with van der Waals surface area (Å²) < 4.78 is 0. The van der Waals surface area contributed by atoms with Crippen molar-refractivity contribution < 1.29 is 0 Å². The van der Waals surface area contributed by atoms with Gasteiger partial charge in [0.25, 0.3) is 0 Å². The lowest BCUT2D eigenvalue weighted by Gasteiger charge is -2.12. The Labute approximate surface area is 120 Å². The van der Waals surface area contributed by atoms with Gasteiger partial charge in [-0.25, -0.2) is 4.98 Å². The fourth-order valence-corrected chi connectivity index (χ4v) is 3.00. The molecule has 0 amide bonds. The maximum Gasteiger partial charge on any atom is 0.0712 e. The van der Waals surface area contributed by atoms with E-state index in [4.69, 9.17) is 4.98 Å². The monoisotopic (exact) mass is 263 g/mol. The Kier molecular flexibility index (Phi) is 3.68. The fourth-order valence-electron chi connectivity index (χ4n) is 3.00. The average molecular weight is 263 g/mol. The van der Waals surface area contributed by atoms with E-state index in [1.807, 2.05) is 0 Å². The molecule has 0 unspecified atom stereocenters. The van der Waals surface area contributed by atoms with Gasteiger partial charge in [-0.2, -0.15) is 0 Å². The third-order valence-electron chi connectivity index (χ3n) is 3.93. The minimum atomic E-state index is 1.09. The standard InChI is InChI=1S/C19H21N/c1-3-7-14-11-12-19-17(16(14)8-4-2)13-15-9-5-6-10-18(15)20-19/h5-6,9-13H,3-4,7-8H2,1-2H3.